The summed E-state index contributed by atoms with van der Waals surface area (Å²) in [4.78, 5) is 14.9. The minimum atomic E-state index is -3.17. The number of benzene rings is 2. The highest BCUT2D eigenvalue weighted by molar-refractivity contribution is 7.90. The van der Waals surface area contributed by atoms with E-state index in [2.05, 4.69) is 12.2 Å². The average Bonchev–Trinajstić information content (AvgIpc) is 2.86. The first-order chi connectivity index (χ1) is 17.6. The summed E-state index contributed by atoms with van der Waals surface area (Å²) in [6.07, 6.45) is 4.49. The zero-order valence-electron chi connectivity index (χ0n) is 22.4. The molecule has 8 nitrogen and oxygen atoms in total. The number of hydrogen-bond donors (Lipinski definition) is 2. The number of sulfone groups is 1. The van der Waals surface area contributed by atoms with Crippen LogP contribution in [0.1, 0.15) is 45.6 Å². The van der Waals surface area contributed by atoms with Crippen LogP contribution in [0.5, 0.6) is 5.75 Å². The van der Waals surface area contributed by atoms with Gasteiger partial charge in [-0.05, 0) is 50.5 Å². The fraction of sp³-hybridized carbons (Fsp3) is 0.429. The number of rotatable bonds is 15. The van der Waals surface area contributed by atoms with Gasteiger partial charge in [-0.1, -0.05) is 37.6 Å². The van der Waals surface area contributed by atoms with Gasteiger partial charge in [0.1, 0.15) is 21.8 Å². The number of carbonyl (C=O) groups is 1. The summed E-state index contributed by atoms with van der Waals surface area (Å²) in [7, 11) is -1.62. The SMILES string of the molecule is CCCC(Nc1ccccc1C(=N)/C(C)=C/C(=O)N(CCCS(C)(=O)=O)c1cccc(OC)c1)OCC. The molecular weight excluding hydrogens is 490 g/mol. The molecule has 0 bridgehead atoms. The summed E-state index contributed by atoms with van der Waals surface area (Å²) in [6, 6.07) is 14.5. The molecule has 0 aliphatic rings. The van der Waals surface area contributed by atoms with Gasteiger partial charge in [-0.2, -0.15) is 0 Å². The Morgan fingerprint density at radius 1 is 1.16 bits per heavy atom. The third kappa shape index (κ3) is 9.66. The molecule has 1 unspecified atom stereocenters. The molecule has 0 heterocycles. The number of anilines is 2. The fourth-order valence-electron chi connectivity index (χ4n) is 3.84. The van der Waals surface area contributed by atoms with Gasteiger partial charge in [-0.3, -0.25) is 10.2 Å². The molecule has 0 aliphatic carbocycles. The number of hydrogen-bond acceptors (Lipinski definition) is 7. The van der Waals surface area contributed by atoms with Crippen LogP contribution in [0.15, 0.2) is 60.2 Å². The summed E-state index contributed by atoms with van der Waals surface area (Å²) >= 11 is 0. The van der Waals surface area contributed by atoms with Crippen molar-refractivity contribution < 1.29 is 22.7 Å². The van der Waals surface area contributed by atoms with E-state index in [4.69, 9.17) is 14.9 Å². The van der Waals surface area contributed by atoms with Crippen LogP contribution in [0.3, 0.4) is 0 Å². The van der Waals surface area contributed by atoms with Gasteiger partial charge < -0.3 is 19.7 Å². The third-order valence-corrected chi connectivity index (χ3v) is 6.72. The summed E-state index contributed by atoms with van der Waals surface area (Å²) in [5.41, 5.74) is 2.71. The van der Waals surface area contributed by atoms with E-state index in [-0.39, 0.29) is 36.6 Å². The summed E-state index contributed by atoms with van der Waals surface area (Å²) in [5, 5.41) is 12.2. The van der Waals surface area contributed by atoms with Gasteiger partial charge in [0.15, 0.2) is 0 Å². The minimum Gasteiger partial charge on any atom is -0.497 e. The van der Waals surface area contributed by atoms with E-state index >= 15 is 0 Å². The molecule has 0 spiro atoms. The van der Waals surface area contributed by atoms with Crippen LogP contribution in [0, 0.1) is 5.41 Å². The van der Waals surface area contributed by atoms with E-state index in [0.717, 1.165) is 18.5 Å². The van der Waals surface area contributed by atoms with Crippen LogP contribution in [-0.2, 0) is 19.4 Å². The Hall–Kier alpha value is -3.17. The van der Waals surface area contributed by atoms with E-state index < -0.39 is 9.84 Å². The first-order valence-corrected chi connectivity index (χ1v) is 14.5. The molecule has 2 N–H and O–H groups in total. The highest BCUT2D eigenvalue weighted by atomic mass is 32.2. The standard InChI is InChI=1S/C28H39N3O5S/c1-6-12-26(36-7-2)30-25-16-9-8-15-24(25)28(29)21(3)19-27(32)31(17-11-18-37(5,33)34)22-13-10-14-23(20-22)35-4/h8-10,13-16,19-20,26,29-30H,6-7,11-12,17-18H2,1-5H3/b21-19+,29-28?. The molecule has 37 heavy (non-hydrogen) atoms. The molecule has 1 amide bonds. The lowest BCUT2D eigenvalue weighted by Crippen LogP contribution is -2.32. The van der Waals surface area contributed by atoms with Crippen molar-refractivity contribution in [1.29, 1.82) is 5.41 Å². The monoisotopic (exact) mass is 529 g/mol. The minimum absolute atomic E-state index is 0.0307. The summed E-state index contributed by atoms with van der Waals surface area (Å²) in [5.74, 6) is 0.215. The van der Waals surface area contributed by atoms with Crippen molar-refractivity contribution in [3.05, 3.63) is 65.7 Å². The van der Waals surface area contributed by atoms with Crippen LogP contribution in [0.2, 0.25) is 0 Å². The second-order valence-electron chi connectivity index (χ2n) is 8.80. The van der Waals surface area contributed by atoms with Crippen molar-refractivity contribution in [3.8, 4) is 5.75 Å². The quantitative estimate of drug-likeness (QED) is 0.190. The maximum Gasteiger partial charge on any atom is 0.251 e. The maximum atomic E-state index is 13.4. The predicted octanol–water partition coefficient (Wildman–Crippen LogP) is 5.05. The number of ether oxygens (including phenoxy) is 2. The maximum absolute atomic E-state index is 13.4. The molecule has 2 aromatic carbocycles. The lowest BCUT2D eigenvalue weighted by Gasteiger charge is -2.23. The van der Waals surface area contributed by atoms with Crippen molar-refractivity contribution >= 4 is 32.8 Å². The molecule has 0 aromatic heterocycles. The van der Waals surface area contributed by atoms with E-state index in [9.17, 15) is 13.2 Å². The molecular formula is C28H39N3O5S. The fourth-order valence-corrected chi connectivity index (χ4v) is 4.49. The molecule has 0 saturated carbocycles. The Bertz CT molecular complexity index is 1190. The van der Waals surface area contributed by atoms with Gasteiger partial charge in [0.25, 0.3) is 5.91 Å². The topological polar surface area (TPSA) is 109 Å². The lowest BCUT2D eigenvalue weighted by molar-refractivity contribution is -0.114. The van der Waals surface area contributed by atoms with Gasteiger partial charge in [0.2, 0.25) is 0 Å². The van der Waals surface area contributed by atoms with Crippen LogP contribution in [-0.4, -0.2) is 58.5 Å². The molecule has 0 radical (unpaired) electrons. The lowest BCUT2D eigenvalue weighted by atomic mass is 10.0. The molecule has 202 valence electrons. The molecule has 0 aliphatic heterocycles. The number of amides is 1. The molecule has 1 atom stereocenters. The van der Waals surface area contributed by atoms with Crippen LogP contribution in [0.25, 0.3) is 0 Å². The van der Waals surface area contributed by atoms with Crippen molar-refractivity contribution in [3.63, 3.8) is 0 Å². The molecule has 9 heteroatoms. The van der Waals surface area contributed by atoms with E-state index in [1.807, 2.05) is 31.2 Å². The van der Waals surface area contributed by atoms with Crippen molar-refractivity contribution in [2.24, 2.45) is 0 Å². The van der Waals surface area contributed by atoms with Gasteiger partial charge in [-0.25, -0.2) is 8.42 Å². The van der Waals surface area contributed by atoms with Gasteiger partial charge in [0, 0.05) is 48.5 Å². The van der Waals surface area contributed by atoms with Crippen LogP contribution < -0.4 is 15.0 Å². The Kier molecular flexibility index (Phi) is 11.8. The largest absolute Gasteiger partial charge is 0.497 e. The zero-order chi connectivity index (χ0) is 27.4. The Morgan fingerprint density at radius 3 is 2.54 bits per heavy atom. The zero-order valence-corrected chi connectivity index (χ0v) is 23.2. The number of allylic oxidation sites excluding steroid dienone is 1. The predicted molar refractivity (Wildman–Crippen MR) is 151 cm³/mol. The molecule has 0 fully saturated rings. The average molecular weight is 530 g/mol. The molecule has 2 rings (SSSR count). The number of carbonyl (C=O) groups excluding carboxylic acids is 1. The molecule has 2 aromatic rings. The van der Waals surface area contributed by atoms with E-state index in [0.29, 0.717) is 29.2 Å². The Morgan fingerprint density at radius 2 is 1.89 bits per heavy atom. The van der Waals surface area contributed by atoms with Gasteiger partial charge in [0.05, 0.1) is 18.6 Å². The van der Waals surface area contributed by atoms with E-state index in [1.54, 1.807) is 38.3 Å². The van der Waals surface area contributed by atoms with Crippen LogP contribution in [0.4, 0.5) is 11.4 Å². The summed E-state index contributed by atoms with van der Waals surface area (Å²) < 4.78 is 34.4. The van der Waals surface area contributed by atoms with Gasteiger partial charge in [-0.15, -0.1) is 0 Å². The number of nitrogens with one attached hydrogen (secondary N) is 2. The summed E-state index contributed by atoms with van der Waals surface area (Å²) in [6.45, 7) is 6.54. The Labute approximate surface area is 221 Å². The highest BCUT2D eigenvalue weighted by Crippen LogP contribution is 2.24. The van der Waals surface area contributed by atoms with E-state index in [1.165, 1.54) is 17.2 Å². The van der Waals surface area contributed by atoms with Crippen molar-refractivity contribution in [2.75, 3.05) is 42.5 Å². The second kappa shape index (κ2) is 14.5. The number of nitrogens with zero attached hydrogens (tertiary/aromatic N) is 1. The normalized spacial score (nSPS) is 12.6. The highest BCUT2D eigenvalue weighted by Gasteiger charge is 2.18. The third-order valence-electron chi connectivity index (χ3n) is 5.69. The second-order valence-corrected chi connectivity index (χ2v) is 11.1. The van der Waals surface area contributed by atoms with Crippen LogP contribution >= 0.6 is 0 Å². The first kappa shape index (κ1) is 30.1. The number of methoxy groups -OCH3 is 1. The van der Waals surface area contributed by atoms with Crippen molar-refractivity contribution in [1.82, 2.24) is 0 Å². The van der Waals surface area contributed by atoms with Crippen molar-refractivity contribution in [2.45, 2.75) is 46.3 Å². The Balaban J connectivity index is 2.33. The first-order valence-electron chi connectivity index (χ1n) is 12.5. The molecule has 0 saturated heterocycles. The smallest absolute Gasteiger partial charge is 0.251 e. The van der Waals surface area contributed by atoms with Gasteiger partial charge >= 0.3 is 0 Å². The number of para-hydroxylation sites is 1.